The van der Waals surface area contributed by atoms with Crippen LogP contribution in [0.3, 0.4) is 0 Å². The molecule has 0 N–H and O–H groups in total. The predicted molar refractivity (Wildman–Crippen MR) is 136 cm³/mol. The summed E-state index contributed by atoms with van der Waals surface area (Å²) in [5.41, 5.74) is 7.47. The molecule has 0 saturated heterocycles. The fourth-order valence-corrected chi connectivity index (χ4v) is 5.00. The molecular weight excluding hydrogens is 440 g/mol. The third-order valence-electron chi connectivity index (χ3n) is 6.65. The zero-order valence-corrected chi connectivity index (χ0v) is 20.7. The molecule has 0 spiro atoms. The number of carbonyl (C=O) groups is 4. The van der Waals surface area contributed by atoms with E-state index in [-0.39, 0.29) is 23.6 Å². The quantitative estimate of drug-likeness (QED) is 0.537. The number of anilines is 2. The standard InChI is InChI=1S/C29H30N2O4/c1-5-20-14-18(15-21(6-2)28(20)30-24(32)9-10-25(30)33)13-19-16-22(7-3)29(23(8-4)17-19)31-26(34)11-12-27(31)35/h9-12,14-17H,5-8,13H2,1-4H3. The van der Waals surface area contributed by atoms with E-state index in [4.69, 9.17) is 0 Å². The third kappa shape index (κ3) is 4.36. The molecule has 35 heavy (non-hydrogen) atoms. The summed E-state index contributed by atoms with van der Waals surface area (Å²) in [6.07, 6.45) is 8.72. The fourth-order valence-electron chi connectivity index (χ4n) is 5.00. The normalized spacial score (nSPS) is 15.3. The van der Waals surface area contributed by atoms with Crippen molar-refractivity contribution in [2.45, 2.75) is 59.8 Å². The van der Waals surface area contributed by atoms with Gasteiger partial charge < -0.3 is 0 Å². The van der Waals surface area contributed by atoms with Gasteiger partial charge in [0.2, 0.25) is 0 Å². The van der Waals surface area contributed by atoms with Crippen molar-refractivity contribution in [1.82, 2.24) is 0 Å². The van der Waals surface area contributed by atoms with Gasteiger partial charge in [0.25, 0.3) is 23.6 Å². The minimum Gasteiger partial charge on any atom is -0.269 e. The lowest BCUT2D eigenvalue weighted by Crippen LogP contribution is -2.31. The monoisotopic (exact) mass is 470 g/mol. The molecule has 6 heteroatoms. The number of nitrogens with zero attached hydrogens (tertiary/aromatic N) is 2. The van der Waals surface area contributed by atoms with Crippen LogP contribution in [0.25, 0.3) is 0 Å². The first-order valence-electron chi connectivity index (χ1n) is 12.2. The van der Waals surface area contributed by atoms with E-state index in [0.29, 0.717) is 43.5 Å². The van der Waals surface area contributed by atoms with Crippen LogP contribution < -0.4 is 9.80 Å². The van der Waals surface area contributed by atoms with Crippen molar-refractivity contribution in [2.75, 3.05) is 9.80 Å². The third-order valence-corrected chi connectivity index (χ3v) is 6.65. The average molecular weight is 471 g/mol. The van der Waals surface area contributed by atoms with Crippen molar-refractivity contribution in [3.8, 4) is 0 Å². The Labute approximate surface area is 205 Å². The highest BCUT2D eigenvalue weighted by atomic mass is 16.2. The molecule has 6 nitrogen and oxygen atoms in total. The van der Waals surface area contributed by atoms with Crippen LogP contribution in [-0.4, -0.2) is 23.6 Å². The summed E-state index contributed by atoms with van der Waals surface area (Å²) >= 11 is 0. The summed E-state index contributed by atoms with van der Waals surface area (Å²) in [6.45, 7) is 8.10. The molecule has 2 aromatic rings. The lowest BCUT2D eigenvalue weighted by atomic mass is 9.92. The van der Waals surface area contributed by atoms with Crippen LogP contribution in [0.15, 0.2) is 48.6 Å². The molecule has 0 aromatic heterocycles. The summed E-state index contributed by atoms with van der Waals surface area (Å²) in [5, 5.41) is 0. The highest BCUT2D eigenvalue weighted by molar-refractivity contribution is 6.29. The fraction of sp³-hybridized carbons (Fsp3) is 0.310. The highest BCUT2D eigenvalue weighted by Gasteiger charge is 2.30. The lowest BCUT2D eigenvalue weighted by Gasteiger charge is -2.24. The van der Waals surface area contributed by atoms with Crippen LogP contribution in [0.2, 0.25) is 0 Å². The smallest absolute Gasteiger partial charge is 0.258 e. The van der Waals surface area contributed by atoms with Crippen molar-refractivity contribution in [2.24, 2.45) is 0 Å². The zero-order valence-electron chi connectivity index (χ0n) is 20.7. The summed E-state index contributed by atoms with van der Waals surface area (Å²) < 4.78 is 0. The Morgan fingerprint density at radius 3 is 0.971 bits per heavy atom. The van der Waals surface area contributed by atoms with Gasteiger partial charge in [-0.2, -0.15) is 0 Å². The van der Waals surface area contributed by atoms with Gasteiger partial charge in [-0.1, -0.05) is 52.0 Å². The van der Waals surface area contributed by atoms with Crippen LogP contribution in [0.5, 0.6) is 0 Å². The van der Waals surface area contributed by atoms with Crippen LogP contribution in [-0.2, 0) is 51.3 Å². The van der Waals surface area contributed by atoms with E-state index in [1.165, 1.54) is 34.1 Å². The lowest BCUT2D eigenvalue weighted by molar-refractivity contribution is -0.121. The molecule has 4 rings (SSSR count). The van der Waals surface area contributed by atoms with Gasteiger partial charge in [0, 0.05) is 24.3 Å². The van der Waals surface area contributed by atoms with Crippen molar-refractivity contribution < 1.29 is 19.2 Å². The predicted octanol–water partition coefficient (Wildman–Crippen LogP) is 4.39. The highest BCUT2D eigenvalue weighted by Crippen LogP contribution is 2.34. The van der Waals surface area contributed by atoms with Gasteiger partial charge in [0.1, 0.15) is 0 Å². The second-order valence-electron chi connectivity index (χ2n) is 8.81. The van der Waals surface area contributed by atoms with Gasteiger partial charge in [-0.05, 0) is 65.5 Å². The van der Waals surface area contributed by atoms with Crippen molar-refractivity contribution in [3.63, 3.8) is 0 Å². The Morgan fingerprint density at radius 1 is 0.486 bits per heavy atom. The minimum atomic E-state index is -0.302. The molecule has 0 saturated carbocycles. The number of benzene rings is 2. The molecule has 2 heterocycles. The second kappa shape index (κ2) is 9.82. The number of imide groups is 2. The molecule has 180 valence electrons. The SMILES string of the molecule is CCc1cc(Cc2cc(CC)c(N3C(=O)C=CC3=O)c(CC)c2)cc(CC)c1N1C(=O)C=CC1=O. The molecule has 2 aromatic carbocycles. The van der Waals surface area contributed by atoms with Gasteiger partial charge in [0.15, 0.2) is 0 Å². The van der Waals surface area contributed by atoms with Gasteiger partial charge in [0.05, 0.1) is 11.4 Å². The van der Waals surface area contributed by atoms with Crippen molar-refractivity contribution in [1.29, 1.82) is 0 Å². The van der Waals surface area contributed by atoms with Crippen LogP contribution in [0.4, 0.5) is 11.4 Å². The average Bonchev–Trinajstić information content (AvgIpc) is 3.37. The molecule has 2 aliphatic rings. The summed E-state index contributed by atoms with van der Waals surface area (Å²) in [5.74, 6) is -1.21. The molecule has 0 atom stereocenters. The van der Waals surface area contributed by atoms with Gasteiger partial charge in [-0.25, -0.2) is 9.80 Å². The van der Waals surface area contributed by atoms with E-state index in [9.17, 15) is 19.2 Å². The molecule has 0 unspecified atom stereocenters. The Morgan fingerprint density at radius 2 is 0.743 bits per heavy atom. The Hall–Kier alpha value is -3.80. The van der Waals surface area contributed by atoms with Crippen LogP contribution in [0, 0.1) is 0 Å². The maximum atomic E-state index is 12.4. The molecule has 0 radical (unpaired) electrons. The van der Waals surface area contributed by atoms with Gasteiger partial charge in [-0.15, -0.1) is 0 Å². The number of hydrogen-bond acceptors (Lipinski definition) is 4. The topological polar surface area (TPSA) is 74.8 Å². The number of aryl methyl sites for hydroxylation is 4. The van der Waals surface area contributed by atoms with E-state index in [1.807, 2.05) is 27.7 Å². The number of carbonyl (C=O) groups excluding carboxylic acids is 4. The first-order chi connectivity index (χ1) is 16.8. The largest absolute Gasteiger partial charge is 0.269 e. The number of hydrogen-bond donors (Lipinski definition) is 0. The summed E-state index contributed by atoms with van der Waals surface area (Å²) in [6, 6.07) is 8.32. The summed E-state index contributed by atoms with van der Waals surface area (Å²) in [7, 11) is 0. The molecule has 0 bridgehead atoms. The summed E-state index contributed by atoms with van der Waals surface area (Å²) in [4.78, 5) is 52.1. The van der Waals surface area contributed by atoms with Crippen LogP contribution >= 0.6 is 0 Å². The maximum absolute atomic E-state index is 12.4. The van der Waals surface area contributed by atoms with E-state index < -0.39 is 0 Å². The van der Waals surface area contributed by atoms with Gasteiger partial charge >= 0.3 is 0 Å². The van der Waals surface area contributed by atoms with Crippen molar-refractivity contribution >= 4 is 35.0 Å². The van der Waals surface area contributed by atoms with E-state index in [1.54, 1.807) is 0 Å². The van der Waals surface area contributed by atoms with E-state index >= 15 is 0 Å². The molecule has 0 fully saturated rings. The van der Waals surface area contributed by atoms with E-state index in [2.05, 4.69) is 24.3 Å². The van der Waals surface area contributed by atoms with Gasteiger partial charge in [-0.3, -0.25) is 19.2 Å². The number of rotatable bonds is 8. The maximum Gasteiger partial charge on any atom is 0.258 e. The number of amides is 4. The molecule has 4 amide bonds. The van der Waals surface area contributed by atoms with Crippen LogP contribution in [0.1, 0.15) is 61.1 Å². The Kier molecular flexibility index (Phi) is 6.83. The van der Waals surface area contributed by atoms with E-state index in [0.717, 1.165) is 33.4 Å². The molecule has 0 aliphatic carbocycles. The Balaban J connectivity index is 1.75. The molecule has 2 aliphatic heterocycles. The second-order valence-corrected chi connectivity index (χ2v) is 8.81. The van der Waals surface area contributed by atoms with Crippen molar-refractivity contribution in [3.05, 3.63) is 82.0 Å². The molecular formula is C29H30N2O4. The first kappa shape index (κ1) is 24.3. The minimum absolute atomic E-state index is 0.302. The first-order valence-corrected chi connectivity index (χ1v) is 12.2. The zero-order chi connectivity index (χ0) is 25.3. The Bertz CT molecular complexity index is 1120.